The lowest BCUT2D eigenvalue weighted by Crippen LogP contribution is -2.27. The predicted molar refractivity (Wildman–Crippen MR) is 116 cm³/mol. The average molecular weight is 475 g/mol. The molecule has 4 rings (SSSR count). The molecule has 1 aromatic heterocycles. The van der Waals surface area contributed by atoms with E-state index >= 15 is 0 Å². The molecule has 2 heterocycles. The fraction of sp³-hybridized carbons (Fsp3) is 0.0476. The second kappa shape index (κ2) is 7.62. The minimum atomic E-state index is -0.394. The standard InChI is InChI=1S/C21H13BrClNO3S/c1-12-9-13(5-7-17(12)22)18-8-6-16(27-18)11-19-20(25)24(21(26)28-19)15-4-2-3-14(23)10-15/h2-11H,1H3/b19-11-. The molecule has 4 nitrogen and oxygen atoms in total. The maximum absolute atomic E-state index is 12.7. The maximum Gasteiger partial charge on any atom is 0.298 e. The van der Waals surface area contributed by atoms with Crippen molar-refractivity contribution >= 4 is 62.2 Å². The summed E-state index contributed by atoms with van der Waals surface area (Å²) >= 11 is 10.3. The molecule has 1 aliphatic heterocycles. The van der Waals surface area contributed by atoms with Crippen LogP contribution in [0.4, 0.5) is 10.5 Å². The Bertz CT molecular complexity index is 1140. The van der Waals surface area contributed by atoms with Gasteiger partial charge in [-0.25, -0.2) is 4.90 Å². The molecule has 140 valence electrons. The van der Waals surface area contributed by atoms with Gasteiger partial charge in [0.05, 0.1) is 10.6 Å². The van der Waals surface area contributed by atoms with Crippen molar-refractivity contribution in [3.63, 3.8) is 0 Å². The highest BCUT2D eigenvalue weighted by Gasteiger charge is 2.36. The van der Waals surface area contributed by atoms with Crippen LogP contribution in [0.15, 0.2) is 68.4 Å². The third-order valence-electron chi connectivity index (χ3n) is 4.20. The molecule has 1 fully saturated rings. The van der Waals surface area contributed by atoms with Gasteiger partial charge < -0.3 is 4.42 Å². The number of carbonyl (C=O) groups is 2. The molecule has 0 aliphatic carbocycles. The fourth-order valence-corrected chi connectivity index (χ4v) is 4.07. The molecular weight excluding hydrogens is 462 g/mol. The minimum Gasteiger partial charge on any atom is -0.457 e. The van der Waals surface area contributed by atoms with Gasteiger partial charge >= 0.3 is 0 Å². The summed E-state index contributed by atoms with van der Waals surface area (Å²) in [5, 5.41) is 0.0924. The minimum absolute atomic E-state index is 0.304. The summed E-state index contributed by atoms with van der Waals surface area (Å²) in [5.74, 6) is 0.804. The lowest BCUT2D eigenvalue weighted by atomic mass is 10.1. The number of hydrogen-bond acceptors (Lipinski definition) is 4. The Morgan fingerprint density at radius 2 is 1.93 bits per heavy atom. The molecule has 1 saturated heterocycles. The smallest absolute Gasteiger partial charge is 0.298 e. The Morgan fingerprint density at radius 3 is 2.68 bits per heavy atom. The Labute approximate surface area is 179 Å². The number of nitrogens with zero attached hydrogens (tertiary/aromatic N) is 1. The first-order valence-electron chi connectivity index (χ1n) is 8.32. The second-order valence-electron chi connectivity index (χ2n) is 6.16. The van der Waals surface area contributed by atoms with Gasteiger partial charge in [-0.1, -0.05) is 39.7 Å². The van der Waals surface area contributed by atoms with Gasteiger partial charge in [-0.15, -0.1) is 0 Å². The van der Waals surface area contributed by atoms with Crippen molar-refractivity contribution < 1.29 is 14.0 Å². The molecule has 0 radical (unpaired) electrons. The number of imide groups is 1. The van der Waals surface area contributed by atoms with Gasteiger partial charge in [0.1, 0.15) is 11.5 Å². The molecule has 2 amide bonds. The van der Waals surface area contributed by atoms with Crippen molar-refractivity contribution in [3.8, 4) is 11.3 Å². The van der Waals surface area contributed by atoms with Crippen LogP contribution in [-0.4, -0.2) is 11.1 Å². The van der Waals surface area contributed by atoms with Crippen LogP contribution in [0.25, 0.3) is 17.4 Å². The molecule has 1 aliphatic rings. The topological polar surface area (TPSA) is 50.5 Å². The van der Waals surface area contributed by atoms with E-state index in [1.807, 2.05) is 31.2 Å². The van der Waals surface area contributed by atoms with E-state index < -0.39 is 5.91 Å². The quantitative estimate of drug-likeness (QED) is 0.387. The number of furan rings is 1. The highest BCUT2D eigenvalue weighted by Crippen LogP contribution is 2.37. The summed E-state index contributed by atoms with van der Waals surface area (Å²) in [6, 6.07) is 16.2. The lowest BCUT2D eigenvalue weighted by Gasteiger charge is -2.12. The van der Waals surface area contributed by atoms with E-state index in [1.165, 1.54) is 0 Å². The van der Waals surface area contributed by atoms with Crippen LogP contribution in [0.1, 0.15) is 11.3 Å². The molecule has 2 aromatic carbocycles. The molecule has 3 aromatic rings. The summed E-state index contributed by atoms with van der Waals surface area (Å²) in [6.45, 7) is 2.00. The maximum atomic E-state index is 12.7. The highest BCUT2D eigenvalue weighted by molar-refractivity contribution is 9.10. The number of aryl methyl sites for hydroxylation is 1. The second-order valence-corrected chi connectivity index (χ2v) is 8.45. The van der Waals surface area contributed by atoms with Gasteiger partial charge in [0.2, 0.25) is 0 Å². The van der Waals surface area contributed by atoms with E-state index in [-0.39, 0.29) is 5.24 Å². The van der Waals surface area contributed by atoms with Gasteiger partial charge in [0.15, 0.2) is 0 Å². The number of rotatable bonds is 3. The van der Waals surface area contributed by atoms with E-state index in [0.717, 1.165) is 32.3 Å². The van der Waals surface area contributed by atoms with Crippen molar-refractivity contribution in [2.75, 3.05) is 4.90 Å². The van der Waals surface area contributed by atoms with Crippen molar-refractivity contribution in [1.82, 2.24) is 0 Å². The van der Waals surface area contributed by atoms with Crippen LogP contribution in [-0.2, 0) is 4.79 Å². The summed E-state index contributed by atoms with van der Waals surface area (Å²) in [5.41, 5.74) is 2.48. The molecule has 0 N–H and O–H groups in total. The third kappa shape index (κ3) is 3.68. The third-order valence-corrected chi connectivity index (χ3v) is 6.20. The van der Waals surface area contributed by atoms with Crippen molar-refractivity contribution in [2.24, 2.45) is 0 Å². The van der Waals surface area contributed by atoms with Crippen LogP contribution in [0.3, 0.4) is 0 Å². The highest BCUT2D eigenvalue weighted by atomic mass is 79.9. The lowest BCUT2D eigenvalue weighted by molar-refractivity contribution is -0.113. The van der Waals surface area contributed by atoms with Crippen molar-refractivity contribution in [3.05, 3.63) is 80.3 Å². The number of anilines is 1. The van der Waals surface area contributed by atoms with E-state index in [9.17, 15) is 9.59 Å². The Kier molecular flexibility index (Phi) is 5.19. The van der Waals surface area contributed by atoms with Gasteiger partial charge in [0.25, 0.3) is 11.1 Å². The van der Waals surface area contributed by atoms with Crippen LogP contribution >= 0.6 is 39.3 Å². The Balaban J connectivity index is 1.61. The molecule has 28 heavy (non-hydrogen) atoms. The first kappa shape index (κ1) is 19.1. The Hall–Kier alpha value is -2.28. The van der Waals surface area contributed by atoms with E-state index in [1.54, 1.807) is 36.4 Å². The van der Waals surface area contributed by atoms with E-state index in [0.29, 0.717) is 27.1 Å². The van der Waals surface area contributed by atoms with E-state index in [4.69, 9.17) is 16.0 Å². The number of hydrogen-bond donors (Lipinski definition) is 0. The van der Waals surface area contributed by atoms with Gasteiger partial charge in [-0.2, -0.15) is 0 Å². The van der Waals surface area contributed by atoms with Gasteiger partial charge in [-0.3, -0.25) is 9.59 Å². The number of benzene rings is 2. The number of halogens is 2. The number of carbonyl (C=O) groups excluding carboxylic acids is 2. The first-order chi connectivity index (χ1) is 13.4. The van der Waals surface area contributed by atoms with Gasteiger partial charge in [-0.05, 0) is 66.7 Å². The summed E-state index contributed by atoms with van der Waals surface area (Å²) in [6.07, 6.45) is 1.59. The van der Waals surface area contributed by atoms with Crippen molar-refractivity contribution in [2.45, 2.75) is 6.92 Å². The fourth-order valence-electron chi connectivity index (χ4n) is 2.82. The zero-order chi connectivity index (χ0) is 19.8. The molecule has 0 bridgehead atoms. The van der Waals surface area contributed by atoms with Gasteiger partial charge in [0, 0.05) is 21.1 Å². The van der Waals surface area contributed by atoms with E-state index in [2.05, 4.69) is 15.9 Å². The molecule has 0 atom stereocenters. The summed E-state index contributed by atoms with van der Waals surface area (Å²) in [4.78, 5) is 26.5. The van der Waals surface area contributed by atoms with Crippen LogP contribution < -0.4 is 4.90 Å². The van der Waals surface area contributed by atoms with Crippen molar-refractivity contribution in [1.29, 1.82) is 0 Å². The number of amides is 2. The predicted octanol–water partition coefficient (Wildman–Crippen LogP) is 6.91. The first-order valence-corrected chi connectivity index (χ1v) is 10.3. The van der Waals surface area contributed by atoms with Crippen LogP contribution in [0.5, 0.6) is 0 Å². The molecule has 7 heteroatoms. The SMILES string of the molecule is Cc1cc(-c2ccc(/C=C3\SC(=O)N(c4cccc(Cl)c4)C3=O)o2)ccc1Br. The molecule has 0 saturated carbocycles. The molecule has 0 unspecified atom stereocenters. The Morgan fingerprint density at radius 1 is 1.11 bits per heavy atom. The normalized spacial score (nSPS) is 15.7. The largest absolute Gasteiger partial charge is 0.457 e. The average Bonchev–Trinajstić information content (AvgIpc) is 3.22. The molecular formula is C21H13BrClNO3S. The molecule has 0 spiro atoms. The monoisotopic (exact) mass is 473 g/mol. The van der Waals surface area contributed by atoms with Crippen LogP contribution in [0, 0.1) is 6.92 Å². The zero-order valence-electron chi connectivity index (χ0n) is 14.6. The zero-order valence-corrected chi connectivity index (χ0v) is 17.8. The summed E-state index contributed by atoms with van der Waals surface area (Å²) < 4.78 is 6.89. The summed E-state index contributed by atoms with van der Waals surface area (Å²) in [7, 11) is 0. The van der Waals surface area contributed by atoms with Crippen LogP contribution in [0.2, 0.25) is 5.02 Å². The number of thioether (sulfide) groups is 1.